The number of aromatic nitrogens is 1. The fourth-order valence-corrected chi connectivity index (χ4v) is 3.37. The second-order valence-electron chi connectivity index (χ2n) is 6.94. The molecule has 0 radical (unpaired) electrons. The number of aryl methyl sites for hydroxylation is 1. The van der Waals surface area contributed by atoms with Gasteiger partial charge in [-0.15, -0.1) is 0 Å². The molecule has 0 aliphatic rings. The number of nitrogens with zero attached hydrogens (tertiary/aromatic N) is 2. The van der Waals surface area contributed by atoms with Crippen molar-refractivity contribution in [3.63, 3.8) is 0 Å². The minimum atomic E-state index is -0.288. The summed E-state index contributed by atoms with van der Waals surface area (Å²) in [6.45, 7) is 2.63. The van der Waals surface area contributed by atoms with Gasteiger partial charge in [0.15, 0.2) is 0 Å². The minimum Gasteiger partial charge on any atom is -0.310 e. The number of hydrogen-bond acceptors (Lipinski definition) is 4. The molecule has 2 aromatic carbocycles. The first-order chi connectivity index (χ1) is 13.1. The second kappa shape index (κ2) is 9.24. The van der Waals surface area contributed by atoms with Gasteiger partial charge in [-0.3, -0.25) is 15.1 Å². The van der Waals surface area contributed by atoms with Gasteiger partial charge in [-0.05, 0) is 37.8 Å². The van der Waals surface area contributed by atoms with E-state index in [-0.39, 0.29) is 10.6 Å². The van der Waals surface area contributed by atoms with E-state index in [4.69, 9.17) is 0 Å². The fraction of sp³-hybridized carbons (Fsp3) is 0.318. The van der Waals surface area contributed by atoms with Gasteiger partial charge in [-0.25, -0.2) is 0 Å². The van der Waals surface area contributed by atoms with Crippen LogP contribution in [0.2, 0.25) is 0 Å². The van der Waals surface area contributed by atoms with E-state index in [9.17, 15) is 10.1 Å². The number of nitro benzene ring substituents is 1. The maximum absolute atomic E-state index is 11.6. The van der Waals surface area contributed by atoms with Gasteiger partial charge in [-0.1, -0.05) is 48.9 Å². The van der Waals surface area contributed by atoms with Crippen molar-refractivity contribution in [1.29, 1.82) is 0 Å². The Balaban J connectivity index is 1.53. The van der Waals surface area contributed by atoms with Crippen molar-refractivity contribution < 1.29 is 4.92 Å². The van der Waals surface area contributed by atoms with Gasteiger partial charge in [0.05, 0.1) is 10.3 Å². The van der Waals surface area contributed by atoms with Gasteiger partial charge in [0, 0.05) is 35.9 Å². The number of unbranched alkanes of at least 4 members (excludes halogenated alkanes) is 1. The lowest BCUT2D eigenvalue weighted by Gasteiger charge is -2.14. The third kappa shape index (κ3) is 5.11. The van der Waals surface area contributed by atoms with E-state index < -0.39 is 0 Å². The molecule has 1 aromatic heterocycles. The lowest BCUT2D eigenvalue weighted by atomic mass is 10.0. The van der Waals surface area contributed by atoms with Gasteiger partial charge < -0.3 is 5.32 Å². The van der Waals surface area contributed by atoms with E-state index in [1.54, 1.807) is 18.5 Å². The number of nitrogens with one attached hydrogen (secondary N) is 1. The normalized spacial score (nSPS) is 12.2. The molecule has 0 amide bonds. The first-order valence-electron chi connectivity index (χ1n) is 9.42. The highest BCUT2D eigenvalue weighted by atomic mass is 16.6. The highest BCUT2D eigenvalue weighted by Crippen LogP contribution is 2.29. The number of benzene rings is 2. The van der Waals surface area contributed by atoms with Gasteiger partial charge in [0.2, 0.25) is 0 Å². The zero-order valence-electron chi connectivity index (χ0n) is 15.6. The molecule has 0 saturated heterocycles. The number of rotatable bonds is 9. The van der Waals surface area contributed by atoms with E-state index >= 15 is 0 Å². The highest BCUT2D eigenvalue weighted by Gasteiger charge is 2.18. The lowest BCUT2D eigenvalue weighted by Crippen LogP contribution is -2.25. The van der Waals surface area contributed by atoms with Crippen LogP contribution in [0.5, 0.6) is 0 Å². The van der Waals surface area contributed by atoms with E-state index in [1.807, 2.05) is 18.2 Å². The van der Waals surface area contributed by atoms with Gasteiger partial charge in [0.1, 0.15) is 0 Å². The maximum atomic E-state index is 11.6. The summed E-state index contributed by atoms with van der Waals surface area (Å²) in [4.78, 5) is 15.3. The van der Waals surface area contributed by atoms with Crippen LogP contribution >= 0.6 is 0 Å². The van der Waals surface area contributed by atoms with Crippen LogP contribution in [0.25, 0.3) is 10.8 Å². The molecule has 3 aromatic rings. The number of pyridine rings is 1. The maximum Gasteiger partial charge on any atom is 0.281 e. The topological polar surface area (TPSA) is 68.1 Å². The number of nitro groups is 1. The van der Waals surface area contributed by atoms with Crippen molar-refractivity contribution in [1.82, 2.24) is 10.3 Å². The Labute approximate surface area is 159 Å². The monoisotopic (exact) mass is 363 g/mol. The first-order valence-corrected chi connectivity index (χ1v) is 9.42. The Bertz CT molecular complexity index is 896. The number of fused-ring (bicyclic) bond motifs is 1. The first kappa shape index (κ1) is 19.0. The Morgan fingerprint density at radius 3 is 2.70 bits per heavy atom. The molecular formula is C22H25N3O2. The Morgan fingerprint density at radius 2 is 1.93 bits per heavy atom. The van der Waals surface area contributed by atoms with Gasteiger partial charge >= 0.3 is 0 Å². The molecular weight excluding hydrogens is 338 g/mol. The van der Waals surface area contributed by atoms with Crippen LogP contribution in [0, 0.1) is 10.1 Å². The van der Waals surface area contributed by atoms with Crippen LogP contribution < -0.4 is 5.32 Å². The zero-order valence-corrected chi connectivity index (χ0v) is 15.6. The van der Waals surface area contributed by atoms with Crippen LogP contribution in [0.15, 0.2) is 60.9 Å². The Hall–Kier alpha value is -2.79. The summed E-state index contributed by atoms with van der Waals surface area (Å²) >= 11 is 0. The quantitative estimate of drug-likeness (QED) is 0.329. The molecule has 0 saturated carbocycles. The third-order valence-corrected chi connectivity index (χ3v) is 4.89. The molecule has 140 valence electrons. The SMILES string of the molecule is C[C@H](CCCCc1ccccc1)NCc1ccc2cnccc2c1[N+](=O)[O-]. The summed E-state index contributed by atoms with van der Waals surface area (Å²) in [5.74, 6) is 0. The molecule has 5 nitrogen and oxygen atoms in total. The van der Waals surface area contributed by atoms with Crippen molar-refractivity contribution in [2.24, 2.45) is 0 Å². The Morgan fingerprint density at radius 1 is 1.11 bits per heavy atom. The van der Waals surface area contributed by atoms with E-state index in [1.165, 1.54) is 5.56 Å². The minimum absolute atomic E-state index is 0.179. The van der Waals surface area contributed by atoms with Crippen LogP contribution in [0.3, 0.4) is 0 Å². The predicted octanol–water partition coefficient (Wildman–Crippen LogP) is 5.03. The molecule has 0 aliphatic carbocycles. The summed E-state index contributed by atoms with van der Waals surface area (Å²) in [6.07, 6.45) is 7.69. The van der Waals surface area contributed by atoms with Crippen molar-refractivity contribution in [2.45, 2.75) is 45.2 Å². The van der Waals surface area contributed by atoms with Crippen molar-refractivity contribution in [2.75, 3.05) is 0 Å². The van der Waals surface area contributed by atoms with E-state index in [0.717, 1.165) is 36.6 Å². The molecule has 0 aliphatic heterocycles. The number of hydrogen-bond donors (Lipinski definition) is 1. The summed E-state index contributed by atoms with van der Waals surface area (Å²) in [5, 5.41) is 16.5. The van der Waals surface area contributed by atoms with Crippen LogP contribution in [-0.4, -0.2) is 15.9 Å². The molecule has 3 rings (SSSR count). The lowest BCUT2D eigenvalue weighted by molar-refractivity contribution is -0.383. The standard InChI is InChI=1S/C22H25N3O2/c1-17(7-5-6-10-18-8-3-2-4-9-18)24-16-20-12-11-19-15-23-14-13-21(19)22(20)25(26)27/h2-4,8-9,11-15,17,24H,5-7,10,16H2,1H3/t17-/m1/s1. The molecule has 0 bridgehead atoms. The van der Waals surface area contributed by atoms with Gasteiger partial charge in [-0.2, -0.15) is 0 Å². The van der Waals surface area contributed by atoms with Gasteiger partial charge in [0.25, 0.3) is 5.69 Å². The van der Waals surface area contributed by atoms with E-state index in [0.29, 0.717) is 18.0 Å². The summed E-state index contributed by atoms with van der Waals surface area (Å²) < 4.78 is 0. The summed E-state index contributed by atoms with van der Waals surface area (Å²) in [6, 6.07) is 16.3. The molecule has 27 heavy (non-hydrogen) atoms. The van der Waals surface area contributed by atoms with E-state index in [2.05, 4.69) is 41.5 Å². The van der Waals surface area contributed by atoms with Crippen LogP contribution in [0.1, 0.15) is 37.3 Å². The average Bonchev–Trinajstić information content (AvgIpc) is 2.69. The molecule has 0 unspecified atom stereocenters. The Kier molecular flexibility index (Phi) is 6.49. The smallest absolute Gasteiger partial charge is 0.281 e. The third-order valence-electron chi connectivity index (χ3n) is 4.89. The molecule has 1 heterocycles. The highest BCUT2D eigenvalue weighted by molar-refractivity contribution is 5.91. The molecule has 1 atom stereocenters. The van der Waals surface area contributed by atoms with Crippen molar-refractivity contribution >= 4 is 16.5 Å². The molecule has 0 fully saturated rings. The largest absolute Gasteiger partial charge is 0.310 e. The average molecular weight is 363 g/mol. The predicted molar refractivity (Wildman–Crippen MR) is 109 cm³/mol. The fourth-order valence-electron chi connectivity index (χ4n) is 3.37. The van der Waals surface area contributed by atoms with Crippen molar-refractivity contribution in [3.8, 4) is 0 Å². The summed E-state index contributed by atoms with van der Waals surface area (Å²) in [7, 11) is 0. The van der Waals surface area contributed by atoms with Crippen LogP contribution in [0.4, 0.5) is 5.69 Å². The molecule has 1 N–H and O–H groups in total. The second-order valence-corrected chi connectivity index (χ2v) is 6.94. The van der Waals surface area contributed by atoms with Crippen LogP contribution in [-0.2, 0) is 13.0 Å². The zero-order chi connectivity index (χ0) is 19.1. The van der Waals surface area contributed by atoms with Crippen molar-refractivity contribution in [3.05, 3.63) is 82.2 Å². The molecule has 0 spiro atoms. The summed E-state index contributed by atoms with van der Waals surface area (Å²) in [5.41, 5.74) is 2.27. The molecule has 5 heteroatoms.